The smallest absolute Gasteiger partial charge is 0.321 e. The van der Waals surface area contributed by atoms with Crippen LogP contribution < -0.4 is 10.1 Å². The van der Waals surface area contributed by atoms with Gasteiger partial charge in [0.05, 0.1) is 6.61 Å². The summed E-state index contributed by atoms with van der Waals surface area (Å²) in [6.07, 6.45) is 0. The molecule has 0 aliphatic heterocycles. The monoisotopic (exact) mass is 250 g/mol. The van der Waals surface area contributed by atoms with E-state index in [0.29, 0.717) is 24.4 Å². The average molecular weight is 250 g/mol. The van der Waals surface area contributed by atoms with E-state index in [1.807, 2.05) is 30.7 Å². The van der Waals surface area contributed by atoms with Crippen molar-refractivity contribution in [1.29, 1.82) is 0 Å². The molecule has 0 aliphatic rings. The molecule has 0 bridgehead atoms. The Labute approximate surface area is 104 Å². The summed E-state index contributed by atoms with van der Waals surface area (Å²) >= 11 is 1.61. The van der Waals surface area contributed by atoms with Crippen LogP contribution in [-0.2, 0) is 0 Å². The highest BCUT2D eigenvalue weighted by Crippen LogP contribution is 2.21. The lowest BCUT2D eigenvalue weighted by atomic mass is 10.3. The molecule has 5 nitrogen and oxygen atoms in total. The van der Waals surface area contributed by atoms with E-state index < -0.39 is 0 Å². The third kappa shape index (κ3) is 2.91. The second-order valence-corrected chi connectivity index (χ2v) is 4.02. The first-order valence-electron chi connectivity index (χ1n) is 5.48. The summed E-state index contributed by atoms with van der Waals surface area (Å²) in [7, 11) is 0. The van der Waals surface area contributed by atoms with E-state index in [1.54, 1.807) is 11.3 Å². The van der Waals surface area contributed by atoms with Gasteiger partial charge in [-0.15, -0.1) is 0 Å². The first-order chi connectivity index (χ1) is 8.33. The van der Waals surface area contributed by atoms with E-state index in [9.17, 15) is 0 Å². The normalized spacial score (nSPS) is 10.2. The van der Waals surface area contributed by atoms with Crippen molar-refractivity contribution >= 4 is 17.3 Å². The molecule has 1 N–H and O–H groups in total. The lowest BCUT2D eigenvalue weighted by molar-refractivity contribution is 0.312. The molecule has 2 aromatic rings. The van der Waals surface area contributed by atoms with Crippen LogP contribution in [0.5, 0.6) is 6.01 Å². The fourth-order valence-electron chi connectivity index (χ4n) is 1.31. The third-order valence-corrected chi connectivity index (χ3v) is 2.69. The summed E-state index contributed by atoms with van der Waals surface area (Å²) in [6, 6.07) is 2.34. The summed E-state index contributed by atoms with van der Waals surface area (Å²) in [5, 5.41) is 7.06. The summed E-state index contributed by atoms with van der Waals surface area (Å²) in [4.78, 5) is 12.8. The SMILES string of the molecule is CCNc1nc(OCC)nc(-c2ccsc2)n1. The Morgan fingerprint density at radius 1 is 1.29 bits per heavy atom. The van der Waals surface area contributed by atoms with Crippen molar-refractivity contribution in [2.24, 2.45) is 0 Å². The molecule has 0 atom stereocenters. The first kappa shape index (κ1) is 11.8. The number of hydrogen-bond acceptors (Lipinski definition) is 6. The van der Waals surface area contributed by atoms with Gasteiger partial charge >= 0.3 is 6.01 Å². The Balaban J connectivity index is 2.37. The molecule has 2 aromatic heterocycles. The molecule has 2 rings (SSSR count). The number of rotatable bonds is 5. The second kappa shape index (κ2) is 5.58. The highest BCUT2D eigenvalue weighted by atomic mass is 32.1. The predicted molar refractivity (Wildman–Crippen MR) is 68.5 cm³/mol. The molecule has 0 fully saturated rings. The minimum Gasteiger partial charge on any atom is -0.464 e. The van der Waals surface area contributed by atoms with Crippen LogP contribution in [0.3, 0.4) is 0 Å². The van der Waals surface area contributed by atoms with Crippen LogP contribution in [0.1, 0.15) is 13.8 Å². The number of nitrogens with one attached hydrogen (secondary N) is 1. The standard InChI is InChI=1S/C11H14N4OS/c1-3-12-10-13-9(8-5-6-17-7-8)14-11(15-10)16-4-2/h5-7H,3-4H2,1-2H3,(H,12,13,14,15). The fraction of sp³-hybridized carbons (Fsp3) is 0.364. The number of hydrogen-bond donors (Lipinski definition) is 1. The van der Waals surface area contributed by atoms with Gasteiger partial charge in [0.2, 0.25) is 5.95 Å². The number of thiophene rings is 1. The van der Waals surface area contributed by atoms with Crippen molar-refractivity contribution < 1.29 is 4.74 Å². The Bertz CT molecular complexity index is 448. The molecule has 0 aliphatic carbocycles. The summed E-state index contributed by atoms with van der Waals surface area (Å²) in [5.41, 5.74) is 0.984. The molecule has 0 saturated heterocycles. The molecule has 0 aromatic carbocycles. The second-order valence-electron chi connectivity index (χ2n) is 3.24. The van der Waals surface area contributed by atoms with Gasteiger partial charge < -0.3 is 10.1 Å². The highest BCUT2D eigenvalue weighted by molar-refractivity contribution is 7.08. The molecule has 90 valence electrons. The minimum atomic E-state index is 0.361. The van der Waals surface area contributed by atoms with Crippen molar-refractivity contribution in [3.05, 3.63) is 16.8 Å². The molecular weight excluding hydrogens is 236 g/mol. The van der Waals surface area contributed by atoms with Crippen LogP contribution in [0.15, 0.2) is 16.8 Å². The van der Waals surface area contributed by atoms with Gasteiger partial charge in [0, 0.05) is 17.5 Å². The molecular formula is C11H14N4OS. The van der Waals surface area contributed by atoms with Crippen molar-refractivity contribution in [3.63, 3.8) is 0 Å². The number of aromatic nitrogens is 3. The molecule has 6 heteroatoms. The van der Waals surface area contributed by atoms with E-state index >= 15 is 0 Å². The van der Waals surface area contributed by atoms with E-state index in [-0.39, 0.29) is 0 Å². The van der Waals surface area contributed by atoms with Crippen LogP contribution >= 0.6 is 11.3 Å². The zero-order valence-electron chi connectivity index (χ0n) is 9.80. The topological polar surface area (TPSA) is 59.9 Å². The first-order valence-corrected chi connectivity index (χ1v) is 6.43. The summed E-state index contributed by atoms with van der Waals surface area (Å²) < 4.78 is 5.33. The van der Waals surface area contributed by atoms with Gasteiger partial charge in [-0.3, -0.25) is 0 Å². The van der Waals surface area contributed by atoms with Gasteiger partial charge in [-0.05, 0) is 25.3 Å². The summed E-state index contributed by atoms with van der Waals surface area (Å²) in [5.74, 6) is 1.19. The molecule has 17 heavy (non-hydrogen) atoms. The number of anilines is 1. The van der Waals surface area contributed by atoms with E-state index in [2.05, 4.69) is 20.3 Å². The van der Waals surface area contributed by atoms with Crippen LogP contribution in [0.2, 0.25) is 0 Å². The van der Waals surface area contributed by atoms with E-state index in [4.69, 9.17) is 4.74 Å². The molecule has 0 unspecified atom stereocenters. The molecule has 0 radical (unpaired) electrons. The van der Waals surface area contributed by atoms with E-state index in [0.717, 1.165) is 12.1 Å². The van der Waals surface area contributed by atoms with Crippen LogP contribution in [0, 0.1) is 0 Å². The van der Waals surface area contributed by atoms with Gasteiger partial charge in [0.15, 0.2) is 5.82 Å². The van der Waals surface area contributed by atoms with Gasteiger partial charge in [-0.2, -0.15) is 26.3 Å². The maximum Gasteiger partial charge on any atom is 0.321 e. The Morgan fingerprint density at radius 3 is 2.82 bits per heavy atom. The van der Waals surface area contributed by atoms with Crippen molar-refractivity contribution in [1.82, 2.24) is 15.0 Å². The zero-order valence-corrected chi connectivity index (χ0v) is 10.6. The quantitative estimate of drug-likeness (QED) is 0.883. The Kier molecular flexibility index (Phi) is 3.87. The molecule has 2 heterocycles. The lowest BCUT2D eigenvalue weighted by Crippen LogP contribution is -2.07. The van der Waals surface area contributed by atoms with Gasteiger partial charge in [-0.1, -0.05) is 0 Å². The molecule has 0 amide bonds. The highest BCUT2D eigenvalue weighted by Gasteiger charge is 2.08. The van der Waals surface area contributed by atoms with Gasteiger partial charge in [0.25, 0.3) is 0 Å². The van der Waals surface area contributed by atoms with E-state index in [1.165, 1.54) is 0 Å². The summed E-state index contributed by atoms with van der Waals surface area (Å²) in [6.45, 7) is 5.20. The van der Waals surface area contributed by atoms with Gasteiger partial charge in [0.1, 0.15) is 0 Å². The molecule has 0 saturated carbocycles. The van der Waals surface area contributed by atoms with Crippen molar-refractivity contribution in [3.8, 4) is 17.4 Å². The third-order valence-electron chi connectivity index (χ3n) is 2.00. The molecule has 0 spiro atoms. The number of ether oxygens (including phenoxy) is 1. The fourth-order valence-corrected chi connectivity index (χ4v) is 1.94. The predicted octanol–water partition coefficient (Wildman–Crippen LogP) is 2.43. The Morgan fingerprint density at radius 2 is 2.18 bits per heavy atom. The lowest BCUT2D eigenvalue weighted by Gasteiger charge is -2.06. The zero-order chi connectivity index (χ0) is 12.1. The minimum absolute atomic E-state index is 0.361. The van der Waals surface area contributed by atoms with Gasteiger partial charge in [-0.25, -0.2) is 0 Å². The largest absolute Gasteiger partial charge is 0.464 e. The van der Waals surface area contributed by atoms with Crippen LogP contribution in [0.25, 0.3) is 11.4 Å². The average Bonchev–Trinajstić information content (AvgIpc) is 2.83. The van der Waals surface area contributed by atoms with Crippen molar-refractivity contribution in [2.75, 3.05) is 18.5 Å². The maximum absolute atomic E-state index is 5.33. The Hall–Kier alpha value is -1.69. The van der Waals surface area contributed by atoms with Crippen LogP contribution in [-0.4, -0.2) is 28.1 Å². The number of nitrogens with zero attached hydrogens (tertiary/aromatic N) is 3. The van der Waals surface area contributed by atoms with Crippen LogP contribution in [0.4, 0.5) is 5.95 Å². The maximum atomic E-state index is 5.33. The van der Waals surface area contributed by atoms with Crippen molar-refractivity contribution in [2.45, 2.75) is 13.8 Å².